The molecule has 1 aromatic carbocycles. The quantitative estimate of drug-likeness (QED) is 0.734. The van der Waals surface area contributed by atoms with Crippen molar-refractivity contribution in [2.24, 2.45) is 0 Å². The van der Waals surface area contributed by atoms with E-state index in [1.165, 1.54) is 19.1 Å². The van der Waals surface area contributed by atoms with Gasteiger partial charge < -0.3 is 0 Å². The molecule has 2 aromatic rings. The highest BCUT2D eigenvalue weighted by molar-refractivity contribution is 6.31. The van der Waals surface area contributed by atoms with E-state index in [2.05, 4.69) is 9.97 Å². The van der Waals surface area contributed by atoms with Crippen molar-refractivity contribution < 1.29 is 8.78 Å². The molecule has 6 heteroatoms. The van der Waals surface area contributed by atoms with Crippen LogP contribution in [-0.4, -0.2) is 9.97 Å². The molecule has 0 aliphatic rings. The number of nitrogens with zero attached hydrogens (tertiary/aromatic N) is 2. The number of hydrogen-bond donors (Lipinski definition) is 0. The summed E-state index contributed by atoms with van der Waals surface area (Å²) in [6.45, 7) is 1.43. The van der Waals surface area contributed by atoms with Crippen molar-refractivity contribution in [3.8, 4) is 11.4 Å². The van der Waals surface area contributed by atoms with Crippen LogP contribution in [0.25, 0.3) is 11.4 Å². The molecule has 1 heterocycles. The number of rotatable bonds is 1. The standard InChI is InChI=1S/C11H6Cl2F2N2/c1-5-8(14)10(13)17-11(16-5)6-3-2-4-7(12)9(6)15/h2-4H,1H3. The number of hydrogen-bond acceptors (Lipinski definition) is 2. The Morgan fingerprint density at radius 3 is 2.41 bits per heavy atom. The Balaban J connectivity index is 2.65. The van der Waals surface area contributed by atoms with Gasteiger partial charge in [-0.15, -0.1) is 0 Å². The van der Waals surface area contributed by atoms with Gasteiger partial charge in [0.15, 0.2) is 22.6 Å². The Kier molecular flexibility index (Phi) is 3.26. The average molecular weight is 275 g/mol. The minimum atomic E-state index is -0.710. The number of halogens is 4. The van der Waals surface area contributed by atoms with Crippen LogP contribution in [0, 0.1) is 18.6 Å². The van der Waals surface area contributed by atoms with E-state index in [1.807, 2.05) is 0 Å². The Bertz CT molecular complexity index is 565. The molecule has 0 saturated heterocycles. The van der Waals surface area contributed by atoms with E-state index < -0.39 is 11.6 Å². The predicted octanol–water partition coefficient (Wildman–Crippen LogP) is 4.04. The van der Waals surface area contributed by atoms with Crippen molar-refractivity contribution in [1.29, 1.82) is 0 Å². The van der Waals surface area contributed by atoms with Crippen LogP contribution in [0.15, 0.2) is 18.2 Å². The maximum absolute atomic E-state index is 13.7. The molecular formula is C11H6Cl2F2N2. The first-order valence-corrected chi connectivity index (χ1v) is 5.40. The van der Waals surface area contributed by atoms with Gasteiger partial charge in [-0.2, -0.15) is 0 Å². The van der Waals surface area contributed by atoms with Gasteiger partial charge in [-0.1, -0.05) is 29.3 Å². The van der Waals surface area contributed by atoms with Crippen LogP contribution in [0.4, 0.5) is 8.78 Å². The van der Waals surface area contributed by atoms with E-state index >= 15 is 0 Å². The van der Waals surface area contributed by atoms with Crippen LogP contribution < -0.4 is 0 Å². The summed E-state index contributed by atoms with van der Waals surface area (Å²) >= 11 is 11.2. The Labute approximate surface area is 106 Å². The molecule has 0 aliphatic carbocycles. The number of benzene rings is 1. The second kappa shape index (κ2) is 4.55. The lowest BCUT2D eigenvalue weighted by atomic mass is 10.2. The lowest BCUT2D eigenvalue weighted by Crippen LogP contribution is -1.99. The molecule has 88 valence electrons. The maximum Gasteiger partial charge on any atom is 0.181 e. The second-order valence-electron chi connectivity index (χ2n) is 3.34. The molecule has 0 radical (unpaired) electrons. The van der Waals surface area contributed by atoms with Crippen molar-refractivity contribution in [2.75, 3.05) is 0 Å². The van der Waals surface area contributed by atoms with E-state index in [4.69, 9.17) is 23.2 Å². The summed E-state index contributed by atoms with van der Waals surface area (Å²) in [7, 11) is 0. The summed E-state index contributed by atoms with van der Waals surface area (Å²) in [5.74, 6) is -1.36. The van der Waals surface area contributed by atoms with Gasteiger partial charge in [-0.3, -0.25) is 0 Å². The van der Waals surface area contributed by atoms with Gasteiger partial charge in [-0.05, 0) is 19.1 Å². The molecule has 1 aromatic heterocycles. The van der Waals surface area contributed by atoms with Crippen LogP contribution in [0.5, 0.6) is 0 Å². The second-order valence-corrected chi connectivity index (χ2v) is 4.10. The summed E-state index contributed by atoms with van der Waals surface area (Å²) in [6.07, 6.45) is 0. The van der Waals surface area contributed by atoms with Gasteiger partial charge in [0.05, 0.1) is 16.3 Å². The zero-order valence-corrected chi connectivity index (χ0v) is 10.2. The molecule has 2 nitrogen and oxygen atoms in total. The largest absolute Gasteiger partial charge is 0.230 e. The monoisotopic (exact) mass is 274 g/mol. The van der Waals surface area contributed by atoms with Crippen LogP contribution in [-0.2, 0) is 0 Å². The zero-order valence-electron chi connectivity index (χ0n) is 8.64. The lowest BCUT2D eigenvalue weighted by Gasteiger charge is -2.05. The summed E-state index contributed by atoms with van der Waals surface area (Å²) in [5.41, 5.74) is 0.141. The van der Waals surface area contributed by atoms with E-state index in [-0.39, 0.29) is 27.3 Å². The topological polar surface area (TPSA) is 25.8 Å². The highest BCUT2D eigenvalue weighted by Gasteiger charge is 2.15. The predicted molar refractivity (Wildman–Crippen MR) is 62.1 cm³/mol. The molecule has 0 unspecified atom stereocenters. The first-order chi connectivity index (χ1) is 8.00. The van der Waals surface area contributed by atoms with Gasteiger partial charge in [0.2, 0.25) is 0 Å². The molecule has 0 amide bonds. The van der Waals surface area contributed by atoms with Gasteiger partial charge >= 0.3 is 0 Å². The molecule has 2 rings (SSSR count). The van der Waals surface area contributed by atoms with Crippen molar-refractivity contribution >= 4 is 23.2 Å². The molecule has 0 saturated carbocycles. The van der Waals surface area contributed by atoms with Crippen LogP contribution >= 0.6 is 23.2 Å². The molecule has 17 heavy (non-hydrogen) atoms. The summed E-state index contributed by atoms with van der Waals surface area (Å²) in [6, 6.07) is 4.40. The number of aryl methyl sites for hydroxylation is 1. The lowest BCUT2D eigenvalue weighted by molar-refractivity contribution is 0.601. The normalized spacial score (nSPS) is 10.6. The molecule has 0 fully saturated rings. The van der Waals surface area contributed by atoms with Crippen molar-refractivity contribution in [1.82, 2.24) is 9.97 Å². The van der Waals surface area contributed by atoms with E-state index in [0.29, 0.717) is 0 Å². The van der Waals surface area contributed by atoms with Crippen molar-refractivity contribution in [2.45, 2.75) is 6.92 Å². The van der Waals surface area contributed by atoms with Crippen LogP contribution in [0.2, 0.25) is 10.2 Å². The molecule has 0 spiro atoms. The summed E-state index contributed by atoms with van der Waals surface area (Å²) in [4.78, 5) is 7.52. The van der Waals surface area contributed by atoms with E-state index in [9.17, 15) is 8.78 Å². The third-order valence-corrected chi connectivity index (χ3v) is 2.71. The minimum Gasteiger partial charge on any atom is -0.230 e. The highest BCUT2D eigenvalue weighted by atomic mass is 35.5. The average Bonchev–Trinajstić information content (AvgIpc) is 2.29. The fourth-order valence-electron chi connectivity index (χ4n) is 1.32. The van der Waals surface area contributed by atoms with Crippen molar-refractivity contribution in [3.63, 3.8) is 0 Å². The first kappa shape index (κ1) is 12.2. The molecule has 0 bridgehead atoms. The molecular weight excluding hydrogens is 269 g/mol. The van der Waals surface area contributed by atoms with Gasteiger partial charge in [-0.25, -0.2) is 18.7 Å². The van der Waals surface area contributed by atoms with Crippen molar-refractivity contribution in [3.05, 3.63) is 45.7 Å². The Morgan fingerprint density at radius 2 is 1.76 bits per heavy atom. The van der Waals surface area contributed by atoms with E-state index in [1.54, 1.807) is 6.07 Å². The molecule has 0 aliphatic heterocycles. The zero-order chi connectivity index (χ0) is 12.6. The molecule has 0 atom stereocenters. The highest BCUT2D eigenvalue weighted by Crippen LogP contribution is 2.27. The minimum absolute atomic E-state index is 0.00824. The SMILES string of the molecule is Cc1nc(-c2cccc(Cl)c2F)nc(Cl)c1F. The first-order valence-electron chi connectivity index (χ1n) is 4.64. The Hall–Kier alpha value is -1.26. The van der Waals surface area contributed by atoms with E-state index in [0.717, 1.165) is 0 Å². The smallest absolute Gasteiger partial charge is 0.181 e. The fourth-order valence-corrected chi connectivity index (χ4v) is 1.71. The van der Waals surface area contributed by atoms with Crippen LogP contribution in [0.3, 0.4) is 0 Å². The van der Waals surface area contributed by atoms with Crippen LogP contribution in [0.1, 0.15) is 5.69 Å². The van der Waals surface area contributed by atoms with Gasteiger partial charge in [0.25, 0.3) is 0 Å². The Morgan fingerprint density at radius 1 is 1.06 bits per heavy atom. The maximum atomic E-state index is 13.7. The van der Waals surface area contributed by atoms with Gasteiger partial charge in [0.1, 0.15) is 0 Å². The third-order valence-electron chi connectivity index (χ3n) is 2.17. The number of aromatic nitrogens is 2. The summed E-state index contributed by atoms with van der Waals surface area (Å²) in [5, 5.41) is -0.393. The summed E-state index contributed by atoms with van der Waals surface area (Å²) < 4.78 is 26.9. The van der Waals surface area contributed by atoms with Gasteiger partial charge in [0, 0.05) is 0 Å². The third kappa shape index (κ3) is 2.23. The fraction of sp³-hybridized carbons (Fsp3) is 0.0909. The molecule has 0 N–H and O–H groups in total.